The molecule has 0 aromatic heterocycles. The molecule has 1 atom stereocenters. The predicted molar refractivity (Wildman–Crippen MR) is 88.1 cm³/mol. The Kier molecular flexibility index (Phi) is 6.08. The third-order valence-electron chi connectivity index (χ3n) is 2.90. The van der Waals surface area contributed by atoms with Gasteiger partial charge >= 0.3 is 0 Å². The number of carbonyl (C=O) groups excluding carboxylic acids is 1. The van der Waals surface area contributed by atoms with Crippen molar-refractivity contribution in [1.82, 2.24) is 5.32 Å². The maximum absolute atomic E-state index is 12.2. The van der Waals surface area contributed by atoms with Gasteiger partial charge in [-0.05, 0) is 39.0 Å². The number of ether oxygens (including phenoxy) is 1. The van der Waals surface area contributed by atoms with E-state index in [9.17, 15) is 13.2 Å². The maximum atomic E-state index is 12.2. The summed E-state index contributed by atoms with van der Waals surface area (Å²) in [6, 6.07) is 3.56. The second-order valence-corrected chi connectivity index (χ2v) is 7.51. The van der Waals surface area contributed by atoms with Crippen molar-refractivity contribution in [1.29, 1.82) is 0 Å². The standard InChI is InChI=1S/C14H21ClN2O4S/c1-9(2)16-14(18)10(3)17(22(5,19)20)12-8-11(15)6-7-13(12)21-4/h6-10H,1-5H3,(H,16,18)/t10-/m1/s1. The lowest BCUT2D eigenvalue weighted by Gasteiger charge is -2.30. The molecule has 0 aliphatic carbocycles. The molecule has 0 heterocycles. The number of anilines is 1. The Morgan fingerprint density at radius 3 is 2.36 bits per heavy atom. The molecule has 22 heavy (non-hydrogen) atoms. The van der Waals surface area contributed by atoms with Crippen LogP contribution in [0.25, 0.3) is 0 Å². The highest BCUT2D eigenvalue weighted by Crippen LogP contribution is 2.34. The second-order valence-electron chi connectivity index (χ2n) is 5.21. The molecule has 0 spiro atoms. The van der Waals surface area contributed by atoms with Crippen LogP contribution in [0.4, 0.5) is 5.69 Å². The smallest absolute Gasteiger partial charge is 0.243 e. The van der Waals surface area contributed by atoms with Gasteiger partial charge in [0.25, 0.3) is 0 Å². The number of sulfonamides is 1. The van der Waals surface area contributed by atoms with Crippen molar-refractivity contribution in [2.24, 2.45) is 0 Å². The maximum Gasteiger partial charge on any atom is 0.243 e. The van der Waals surface area contributed by atoms with Gasteiger partial charge in [-0.1, -0.05) is 11.6 Å². The number of nitrogens with one attached hydrogen (secondary N) is 1. The lowest BCUT2D eigenvalue weighted by molar-refractivity contribution is -0.122. The van der Waals surface area contributed by atoms with Gasteiger partial charge in [-0.25, -0.2) is 8.42 Å². The molecule has 0 bridgehead atoms. The molecule has 0 fully saturated rings. The Bertz CT molecular complexity index is 646. The fourth-order valence-corrected chi connectivity index (χ4v) is 3.36. The van der Waals surface area contributed by atoms with Crippen LogP contribution in [-0.4, -0.2) is 39.8 Å². The molecule has 1 aromatic rings. The van der Waals surface area contributed by atoms with Gasteiger partial charge in [0.15, 0.2) is 0 Å². The number of amides is 1. The molecule has 0 radical (unpaired) electrons. The molecule has 1 N–H and O–H groups in total. The van der Waals surface area contributed by atoms with E-state index in [1.54, 1.807) is 26.0 Å². The van der Waals surface area contributed by atoms with Crippen LogP contribution in [0.15, 0.2) is 18.2 Å². The predicted octanol–water partition coefficient (Wildman–Crippen LogP) is 2.03. The number of benzene rings is 1. The SMILES string of the molecule is COc1ccc(Cl)cc1N([C@H](C)C(=O)NC(C)C)S(C)(=O)=O. The Labute approximate surface area is 136 Å². The zero-order valence-electron chi connectivity index (χ0n) is 13.3. The number of halogens is 1. The van der Waals surface area contributed by atoms with E-state index in [0.29, 0.717) is 10.8 Å². The van der Waals surface area contributed by atoms with Gasteiger partial charge in [-0.2, -0.15) is 0 Å². The number of methoxy groups -OCH3 is 1. The van der Waals surface area contributed by atoms with E-state index in [4.69, 9.17) is 16.3 Å². The summed E-state index contributed by atoms with van der Waals surface area (Å²) in [6.45, 7) is 5.11. The van der Waals surface area contributed by atoms with Crippen LogP contribution in [0.5, 0.6) is 5.75 Å². The summed E-state index contributed by atoms with van der Waals surface area (Å²) in [7, 11) is -2.29. The molecule has 8 heteroatoms. The van der Waals surface area contributed by atoms with Crippen LogP contribution in [-0.2, 0) is 14.8 Å². The molecule has 0 unspecified atom stereocenters. The van der Waals surface area contributed by atoms with Crippen LogP contribution in [0, 0.1) is 0 Å². The molecule has 0 saturated heterocycles. The van der Waals surface area contributed by atoms with Crippen LogP contribution < -0.4 is 14.4 Å². The minimum absolute atomic E-state index is 0.0994. The Morgan fingerprint density at radius 2 is 1.91 bits per heavy atom. The van der Waals surface area contributed by atoms with Crippen LogP contribution in [0.1, 0.15) is 20.8 Å². The van der Waals surface area contributed by atoms with Gasteiger partial charge in [0.2, 0.25) is 15.9 Å². The number of carbonyl (C=O) groups is 1. The Hall–Kier alpha value is -1.47. The summed E-state index contributed by atoms with van der Waals surface area (Å²) in [5.74, 6) is -0.0820. The third-order valence-corrected chi connectivity index (χ3v) is 4.36. The van der Waals surface area contributed by atoms with Crippen molar-refractivity contribution < 1.29 is 17.9 Å². The number of hydrogen-bond donors (Lipinski definition) is 1. The van der Waals surface area contributed by atoms with Gasteiger partial charge in [0, 0.05) is 11.1 Å². The zero-order valence-corrected chi connectivity index (χ0v) is 14.8. The highest BCUT2D eigenvalue weighted by Gasteiger charge is 2.31. The summed E-state index contributed by atoms with van der Waals surface area (Å²) in [5, 5.41) is 3.05. The molecule has 124 valence electrons. The van der Waals surface area contributed by atoms with Crippen molar-refractivity contribution in [2.45, 2.75) is 32.9 Å². The minimum atomic E-state index is -3.71. The molecule has 1 amide bonds. The molecule has 0 aliphatic rings. The minimum Gasteiger partial charge on any atom is -0.495 e. The summed E-state index contributed by atoms with van der Waals surface area (Å²) < 4.78 is 30.6. The van der Waals surface area contributed by atoms with Gasteiger partial charge in [0.1, 0.15) is 11.8 Å². The van der Waals surface area contributed by atoms with Crippen LogP contribution in [0.3, 0.4) is 0 Å². The fourth-order valence-electron chi connectivity index (χ4n) is 2.02. The van der Waals surface area contributed by atoms with Crippen LogP contribution >= 0.6 is 11.6 Å². The summed E-state index contributed by atoms with van der Waals surface area (Å²) in [4.78, 5) is 12.2. The van der Waals surface area contributed by atoms with Crippen molar-refractivity contribution in [3.05, 3.63) is 23.2 Å². The molecule has 0 aliphatic heterocycles. The van der Waals surface area contributed by atoms with Gasteiger partial charge < -0.3 is 10.1 Å². The van der Waals surface area contributed by atoms with Gasteiger partial charge in [-0.3, -0.25) is 9.10 Å². The van der Waals surface area contributed by atoms with Crippen molar-refractivity contribution in [3.63, 3.8) is 0 Å². The van der Waals surface area contributed by atoms with E-state index in [1.165, 1.54) is 20.1 Å². The molecular weight excluding hydrogens is 328 g/mol. The first-order valence-corrected chi connectivity index (χ1v) is 8.94. The van der Waals surface area contributed by atoms with E-state index >= 15 is 0 Å². The molecule has 1 aromatic carbocycles. The van der Waals surface area contributed by atoms with Crippen LogP contribution in [0.2, 0.25) is 5.02 Å². The molecule has 0 saturated carbocycles. The quantitative estimate of drug-likeness (QED) is 0.853. The molecule has 6 nitrogen and oxygen atoms in total. The average molecular weight is 349 g/mol. The first kappa shape index (κ1) is 18.6. The first-order valence-electron chi connectivity index (χ1n) is 6.71. The summed E-state index contributed by atoms with van der Waals surface area (Å²) in [5.41, 5.74) is 0.226. The van der Waals surface area contributed by atoms with Crippen molar-refractivity contribution in [3.8, 4) is 5.75 Å². The summed E-state index contributed by atoms with van der Waals surface area (Å²) >= 11 is 5.96. The van der Waals surface area contributed by atoms with Crippen molar-refractivity contribution in [2.75, 3.05) is 17.7 Å². The van der Waals surface area contributed by atoms with Crippen molar-refractivity contribution >= 4 is 33.2 Å². The fraction of sp³-hybridized carbons (Fsp3) is 0.500. The van der Waals surface area contributed by atoms with E-state index < -0.39 is 22.0 Å². The molecule has 1 rings (SSSR count). The molecular formula is C14H21ClN2O4S. The van der Waals surface area contributed by atoms with E-state index in [0.717, 1.165) is 10.6 Å². The topological polar surface area (TPSA) is 75.7 Å². The van der Waals surface area contributed by atoms with E-state index in [2.05, 4.69) is 5.32 Å². The van der Waals surface area contributed by atoms with Gasteiger partial charge in [-0.15, -0.1) is 0 Å². The highest BCUT2D eigenvalue weighted by molar-refractivity contribution is 7.92. The average Bonchev–Trinajstić information content (AvgIpc) is 2.36. The number of rotatable bonds is 6. The second kappa shape index (κ2) is 7.19. The normalized spacial score (nSPS) is 12.9. The first-order chi connectivity index (χ1) is 10.1. The van der Waals surface area contributed by atoms with E-state index in [-0.39, 0.29) is 11.7 Å². The summed E-state index contributed by atoms with van der Waals surface area (Å²) in [6.07, 6.45) is 1.03. The largest absolute Gasteiger partial charge is 0.495 e. The highest BCUT2D eigenvalue weighted by atomic mass is 35.5. The number of hydrogen-bond acceptors (Lipinski definition) is 4. The Balaban J connectivity index is 3.37. The Morgan fingerprint density at radius 1 is 1.32 bits per heavy atom. The monoisotopic (exact) mass is 348 g/mol. The van der Waals surface area contributed by atoms with E-state index in [1.807, 2.05) is 0 Å². The van der Waals surface area contributed by atoms with Gasteiger partial charge in [0.05, 0.1) is 19.1 Å². The third kappa shape index (κ3) is 4.51. The number of nitrogens with zero attached hydrogens (tertiary/aromatic N) is 1. The zero-order chi connectivity index (χ0) is 17.1. The lowest BCUT2D eigenvalue weighted by Crippen LogP contribution is -2.49. The lowest BCUT2D eigenvalue weighted by atomic mass is 10.2.